The Bertz CT molecular complexity index is 961. The van der Waals surface area contributed by atoms with E-state index < -0.39 is 0 Å². The van der Waals surface area contributed by atoms with Gasteiger partial charge in [-0.2, -0.15) is 0 Å². The van der Waals surface area contributed by atoms with Gasteiger partial charge in [0.15, 0.2) is 0 Å². The van der Waals surface area contributed by atoms with Crippen LogP contribution in [0.3, 0.4) is 0 Å². The molecule has 4 heteroatoms. The zero-order valence-corrected chi connectivity index (χ0v) is 14.8. The number of hydrogen-bond acceptors (Lipinski definition) is 3. The average molecular weight is 359 g/mol. The zero-order valence-electron chi connectivity index (χ0n) is 13.9. The minimum absolute atomic E-state index is 0.0854. The Morgan fingerprint density at radius 1 is 0.731 bits per heavy atom. The van der Waals surface area contributed by atoms with Crippen LogP contribution in [-0.4, -0.2) is 4.92 Å². The zero-order chi connectivity index (χ0) is 18.4. The third-order valence-corrected chi connectivity index (χ3v) is 4.17. The SMILES string of the molecule is O=[N+]([O-])c1cc(/C=C/c2ccccc2)ccc1/C=C/c1ccc(S)cc1. The van der Waals surface area contributed by atoms with Crippen LogP contribution < -0.4 is 0 Å². The summed E-state index contributed by atoms with van der Waals surface area (Å²) in [4.78, 5) is 12.0. The first-order chi connectivity index (χ1) is 12.6. The molecule has 3 aromatic carbocycles. The standard InChI is InChI=1S/C22H17NO2S/c24-23(25)22-16-19(7-6-17-4-2-1-3-5-17)9-13-20(22)12-8-18-10-14-21(26)15-11-18/h1-16,26H/b7-6+,12-8+. The molecule has 128 valence electrons. The molecule has 0 bridgehead atoms. The third-order valence-electron chi connectivity index (χ3n) is 3.87. The fraction of sp³-hybridized carbons (Fsp3) is 0. The van der Waals surface area contributed by atoms with Crippen molar-refractivity contribution in [2.45, 2.75) is 4.90 Å². The molecule has 0 atom stereocenters. The Labute approximate surface area is 157 Å². The number of nitro groups is 1. The number of nitrogens with zero attached hydrogens (tertiary/aromatic N) is 1. The Morgan fingerprint density at radius 2 is 1.31 bits per heavy atom. The van der Waals surface area contributed by atoms with Crippen LogP contribution in [0.1, 0.15) is 22.3 Å². The van der Waals surface area contributed by atoms with Gasteiger partial charge in [-0.15, -0.1) is 12.6 Å². The van der Waals surface area contributed by atoms with Crippen LogP contribution in [0.5, 0.6) is 0 Å². The van der Waals surface area contributed by atoms with Gasteiger partial charge in [0, 0.05) is 11.0 Å². The van der Waals surface area contributed by atoms with Crippen molar-refractivity contribution in [2.75, 3.05) is 0 Å². The van der Waals surface area contributed by atoms with Crippen LogP contribution in [-0.2, 0) is 0 Å². The van der Waals surface area contributed by atoms with Crippen LogP contribution in [0.25, 0.3) is 24.3 Å². The second-order valence-electron chi connectivity index (χ2n) is 5.74. The molecule has 0 fully saturated rings. The normalized spacial score (nSPS) is 11.3. The second kappa shape index (κ2) is 8.32. The van der Waals surface area contributed by atoms with E-state index in [0.717, 1.165) is 21.6 Å². The van der Waals surface area contributed by atoms with Crippen LogP contribution in [0.4, 0.5) is 5.69 Å². The quantitative estimate of drug-likeness (QED) is 0.254. The highest BCUT2D eigenvalue weighted by Gasteiger charge is 2.11. The number of benzene rings is 3. The maximum absolute atomic E-state index is 11.4. The van der Waals surface area contributed by atoms with Crippen molar-refractivity contribution in [3.63, 3.8) is 0 Å². The molecule has 0 aliphatic carbocycles. The Hall–Kier alpha value is -3.11. The first-order valence-electron chi connectivity index (χ1n) is 8.10. The first-order valence-corrected chi connectivity index (χ1v) is 8.55. The lowest BCUT2D eigenvalue weighted by molar-refractivity contribution is -0.385. The lowest BCUT2D eigenvalue weighted by Gasteiger charge is -2.01. The molecule has 26 heavy (non-hydrogen) atoms. The fourth-order valence-corrected chi connectivity index (χ4v) is 2.64. The number of nitro benzene ring substituents is 1. The van der Waals surface area contributed by atoms with Crippen molar-refractivity contribution >= 4 is 42.6 Å². The molecule has 3 rings (SSSR count). The molecule has 0 unspecified atom stereocenters. The predicted octanol–water partition coefficient (Wildman–Crippen LogP) is 6.22. The first kappa shape index (κ1) is 17.7. The van der Waals surface area contributed by atoms with Crippen LogP contribution in [0, 0.1) is 10.1 Å². The molecule has 0 spiro atoms. The Morgan fingerprint density at radius 3 is 2.00 bits per heavy atom. The molecule has 0 N–H and O–H groups in total. The highest BCUT2D eigenvalue weighted by atomic mass is 32.1. The lowest BCUT2D eigenvalue weighted by Crippen LogP contribution is -1.92. The van der Waals surface area contributed by atoms with Gasteiger partial charge in [0.1, 0.15) is 0 Å². The predicted molar refractivity (Wildman–Crippen MR) is 111 cm³/mol. The number of hydrogen-bond donors (Lipinski definition) is 1. The summed E-state index contributed by atoms with van der Waals surface area (Å²) in [6.45, 7) is 0. The highest BCUT2D eigenvalue weighted by molar-refractivity contribution is 7.80. The lowest BCUT2D eigenvalue weighted by atomic mass is 10.1. The van der Waals surface area contributed by atoms with Crippen LogP contribution in [0.15, 0.2) is 77.7 Å². The second-order valence-corrected chi connectivity index (χ2v) is 6.26. The summed E-state index contributed by atoms with van der Waals surface area (Å²) >= 11 is 4.25. The van der Waals surface area contributed by atoms with Crippen molar-refractivity contribution in [1.29, 1.82) is 0 Å². The third kappa shape index (κ3) is 4.71. The molecule has 0 radical (unpaired) electrons. The largest absolute Gasteiger partial charge is 0.277 e. The fourth-order valence-electron chi connectivity index (χ4n) is 2.49. The molecule has 0 aliphatic rings. The number of thiol groups is 1. The summed E-state index contributed by atoms with van der Waals surface area (Å²) in [5, 5.41) is 11.4. The number of rotatable bonds is 5. The van der Waals surface area contributed by atoms with Crippen molar-refractivity contribution in [3.8, 4) is 0 Å². The summed E-state index contributed by atoms with van der Waals surface area (Å²) in [5.41, 5.74) is 3.46. The average Bonchev–Trinajstić information content (AvgIpc) is 2.67. The van der Waals surface area contributed by atoms with Gasteiger partial charge < -0.3 is 0 Å². The van der Waals surface area contributed by atoms with Gasteiger partial charge in [0.25, 0.3) is 5.69 Å². The molecule has 3 aromatic rings. The summed E-state index contributed by atoms with van der Waals surface area (Å²) in [6.07, 6.45) is 7.43. The summed E-state index contributed by atoms with van der Waals surface area (Å²) < 4.78 is 0. The minimum Gasteiger partial charge on any atom is -0.258 e. The van der Waals surface area contributed by atoms with Crippen molar-refractivity contribution in [2.24, 2.45) is 0 Å². The van der Waals surface area contributed by atoms with Crippen molar-refractivity contribution < 1.29 is 4.92 Å². The van der Waals surface area contributed by atoms with Gasteiger partial charge in [-0.25, -0.2) is 0 Å². The van der Waals surface area contributed by atoms with Gasteiger partial charge in [-0.1, -0.05) is 66.8 Å². The summed E-state index contributed by atoms with van der Waals surface area (Å²) in [5.74, 6) is 0. The molecule has 0 heterocycles. The van der Waals surface area contributed by atoms with Gasteiger partial charge >= 0.3 is 0 Å². The molecule has 0 aromatic heterocycles. The van der Waals surface area contributed by atoms with E-state index in [1.165, 1.54) is 0 Å². The molecule has 0 saturated carbocycles. The molecular formula is C22H17NO2S. The Balaban J connectivity index is 1.86. The summed E-state index contributed by atoms with van der Waals surface area (Å²) in [6, 6.07) is 22.7. The molecule has 0 amide bonds. The van der Waals surface area contributed by atoms with Crippen LogP contribution in [0.2, 0.25) is 0 Å². The maximum atomic E-state index is 11.4. The smallest absolute Gasteiger partial charge is 0.258 e. The van der Waals surface area contributed by atoms with E-state index >= 15 is 0 Å². The van der Waals surface area contributed by atoms with E-state index in [9.17, 15) is 10.1 Å². The van der Waals surface area contributed by atoms with E-state index in [1.54, 1.807) is 18.2 Å². The highest BCUT2D eigenvalue weighted by Crippen LogP contribution is 2.24. The molecule has 0 aliphatic heterocycles. The Kier molecular flexibility index (Phi) is 5.66. The van der Waals surface area contributed by atoms with Crippen molar-refractivity contribution in [3.05, 3.63) is 105 Å². The van der Waals surface area contributed by atoms with E-state index in [-0.39, 0.29) is 10.6 Å². The van der Waals surface area contributed by atoms with Crippen molar-refractivity contribution in [1.82, 2.24) is 0 Å². The van der Waals surface area contributed by atoms with E-state index in [2.05, 4.69) is 12.6 Å². The molecule has 0 saturated heterocycles. The van der Waals surface area contributed by atoms with Gasteiger partial charge in [-0.3, -0.25) is 10.1 Å². The topological polar surface area (TPSA) is 43.1 Å². The van der Waals surface area contributed by atoms with Gasteiger partial charge in [0.05, 0.1) is 10.5 Å². The monoisotopic (exact) mass is 359 g/mol. The van der Waals surface area contributed by atoms with E-state index in [1.807, 2.05) is 78.9 Å². The van der Waals surface area contributed by atoms with Crippen LogP contribution >= 0.6 is 12.6 Å². The minimum atomic E-state index is -0.351. The molecule has 3 nitrogen and oxygen atoms in total. The van der Waals surface area contributed by atoms with E-state index in [0.29, 0.717) is 5.56 Å². The summed E-state index contributed by atoms with van der Waals surface area (Å²) in [7, 11) is 0. The van der Waals surface area contributed by atoms with Gasteiger partial charge in [-0.05, 0) is 41.0 Å². The van der Waals surface area contributed by atoms with E-state index in [4.69, 9.17) is 0 Å². The molecular weight excluding hydrogens is 342 g/mol. The van der Waals surface area contributed by atoms with Gasteiger partial charge in [0.2, 0.25) is 0 Å². The maximum Gasteiger partial charge on any atom is 0.277 e.